The van der Waals surface area contributed by atoms with E-state index in [1.54, 1.807) is 0 Å². The summed E-state index contributed by atoms with van der Waals surface area (Å²) in [5.74, 6) is 2.10. The van der Waals surface area contributed by atoms with Crippen LogP contribution in [0, 0.1) is 0 Å². The molecule has 1 aliphatic rings. The Morgan fingerprint density at radius 1 is 0.897 bits per heavy atom. The molecule has 1 heterocycles. The van der Waals surface area contributed by atoms with Gasteiger partial charge in [-0.05, 0) is 41.3 Å². The zero-order valence-electron chi connectivity index (χ0n) is 16.3. The maximum absolute atomic E-state index is 9.58. The first kappa shape index (κ1) is 19.2. The predicted octanol–water partition coefficient (Wildman–Crippen LogP) is 4.89. The monoisotopic (exact) mass is 388 g/mol. The van der Waals surface area contributed by atoms with E-state index in [1.807, 2.05) is 54.6 Å². The third-order valence-electron chi connectivity index (χ3n) is 5.03. The van der Waals surface area contributed by atoms with Crippen LogP contribution in [-0.2, 0) is 0 Å². The Hall–Kier alpha value is -3.08. The van der Waals surface area contributed by atoms with E-state index in [0.717, 1.165) is 34.4 Å². The largest absolute Gasteiger partial charge is 0.491 e. The van der Waals surface area contributed by atoms with Gasteiger partial charge in [-0.25, -0.2) is 0 Å². The van der Waals surface area contributed by atoms with Crippen molar-refractivity contribution in [3.8, 4) is 17.2 Å². The second-order valence-corrected chi connectivity index (χ2v) is 6.98. The number of allylic oxidation sites excluding steroid dienone is 1. The Morgan fingerprint density at radius 2 is 1.66 bits per heavy atom. The molecular weight excluding hydrogens is 364 g/mol. The average molecular weight is 388 g/mol. The first-order valence-electron chi connectivity index (χ1n) is 9.83. The molecule has 4 nitrogen and oxygen atoms in total. The van der Waals surface area contributed by atoms with Gasteiger partial charge in [0.2, 0.25) is 0 Å². The molecule has 4 heteroatoms. The van der Waals surface area contributed by atoms with Gasteiger partial charge >= 0.3 is 0 Å². The van der Waals surface area contributed by atoms with Gasteiger partial charge in [0.05, 0.1) is 6.61 Å². The molecule has 1 atom stereocenters. The molecule has 0 saturated heterocycles. The van der Waals surface area contributed by atoms with Crippen LogP contribution in [0.4, 0.5) is 0 Å². The molecule has 0 spiro atoms. The zero-order chi connectivity index (χ0) is 20.2. The van der Waals surface area contributed by atoms with E-state index in [0.29, 0.717) is 11.5 Å². The van der Waals surface area contributed by atoms with Crippen molar-refractivity contribution in [1.82, 2.24) is 0 Å². The molecule has 0 amide bonds. The number of aliphatic hydroxyl groups excluding tert-OH is 2. The summed E-state index contributed by atoms with van der Waals surface area (Å²) in [5.41, 5.74) is 5.60. The molecule has 1 unspecified atom stereocenters. The molecule has 148 valence electrons. The van der Waals surface area contributed by atoms with Crippen LogP contribution in [0.3, 0.4) is 0 Å². The minimum absolute atomic E-state index is 0.0213. The number of rotatable bonds is 6. The highest BCUT2D eigenvalue weighted by molar-refractivity contribution is 6.02. The molecule has 0 aromatic heterocycles. The van der Waals surface area contributed by atoms with E-state index in [4.69, 9.17) is 14.6 Å². The second kappa shape index (κ2) is 8.52. The SMILES string of the molecule is CCC1=C(c2ccccc2)c2ccc(OCC(O)CO)cc2Oc2ccccc21. The maximum Gasteiger partial charge on any atom is 0.139 e. The third-order valence-corrected chi connectivity index (χ3v) is 5.03. The number of benzene rings is 3. The summed E-state index contributed by atoms with van der Waals surface area (Å²) in [6.45, 7) is 1.84. The second-order valence-electron chi connectivity index (χ2n) is 6.98. The number of hydrogen-bond donors (Lipinski definition) is 2. The molecule has 2 N–H and O–H groups in total. The van der Waals surface area contributed by atoms with Gasteiger partial charge in [-0.1, -0.05) is 55.5 Å². The lowest BCUT2D eigenvalue weighted by atomic mass is 9.88. The summed E-state index contributed by atoms with van der Waals surface area (Å²) in [6, 6.07) is 24.1. The first-order valence-corrected chi connectivity index (χ1v) is 9.83. The fourth-order valence-electron chi connectivity index (χ4n) is 3.65. The van der Waals surface area contributed by atoms with Crippen LogP contribution in [0.5, 0.6) is 17.2 Å². The van der Waals surface area contributed by atoms with E-state index >= 15 is 0 Å². The van der Waals surface area contributed by atoms with Crippen molar-refractivity contribution < 1.29 is 19.7 Å². The van der Waals surface area contributed by atoms with E-state index in [2.05, 4.69) is 25.1 Å². The summed E-state index contributed by atoms with van der Waals surface area (Å²) >= 11 is 0. The lowest BCUT2D eigenvalue weighted by Gasteiger charge is -2.16. The topological polar surface area (TPSA) is 58.9 Å². The molecular formula is C25H24O4. The van der Waals surface area contributed by atoms with Crippen LogP contribution in [0.1, 0.15) is 30.0 Å². The minimum Gasteiger partial charge on any atom is -0.491 e. The molecule has 0 saturated carbocycles. The highest BCUT2D eigenvalue weighted by Crippen LogP contribution is 2.46. The summed E-state index contributed by atoms with van der Waals surface area (Å²) in [6.07, 6.45) is -0.0488. The number of para-hydroxylation sites is 1. The molecule has 0 aliphatic carbocycles. The normalized spacial score (nSPS) is 13.8. The average Bonchev–Trinajstić information content (AvgIpc) is 2.91. The van der Waals surface area contributed by atoms with Crippen molar-refractivity contribution in [3.05, 3.63) is 89.5 Å². The van der Waals surface area contributed by atoms with Gasteiger partial charge in [0.25, 0.3) is 0 Å². The van der Waals surface area contributed by atoms with Crippen LogP contribution in [-0.4, -0.2) is 29.5 Å². The van der Waals surface area contributed by atoms with Crippen molar-refractivity contribution in [1.29, 1.82) is 0 Å². The quantitative estimate of drug-likeness (QED) is 0.631. The fourth-order valence-corrected chi connectivity index (χ4v) is 3.65. The summed E-state index contributed by atoms with van der Waals surface area (Å²) < 4.78 is 12.0. The Bertz CT molecular complexity index is 1020. The lowest BCUT2D eigenvalue weighted by Crippen LogP contribution is -2.21. The van der Waals surface area contributed by atoms with Gasteiger partial charge in [-0.2, -0.15) is 0 Å². The summed E-state index contributed by atoms with van der Waals surface area (Å²) in [7, 11) is 0. The van der Waals surface area contributed by atoms with Gasteiger partial charge in [0.1, 0.15) is 30.0 Å². The van der Waals surface area contributed by atoms with Crippen LogP contribution >= 0.6 is 0 Å². The number of hydrogen-bond acceptors (Lipinski definition) is 4. The van der Waals surface area contributed by atoms with E-state index < -0.39 is 6.10 Å². The van der Waals surface area contributed by atoms with Crippen molar-refractivity contribution in [2.45, 2.75) is 19.4 Å². The van der Waals surface area contributed by atoms with E-state index in [-0.39, 0.29) is 13.2 Å². The number of fused-ring (bicyclic) bond motifs is 2. The van der Waals surface area contributed by atoms with Gasteiger partial charge in [0, 0.05) is 17.2 Å². The highest BCUT2D eigenvalue weighted by Gasteiger charge is 2.23. The molecule has 0 fully saturated rings. The highest BCUT2D eigenvalue weighted by atomic mass is 16.5. The molecule has 29 heavy (non-hydrogen) atoms. The van der Waals surface area contributed by atoms with E-state index in [9.17, 15) is 5.11 Å². The number of aliphatic hydroxyl groups is 2. The maximum atomic E-state index is 9.58. The zero-order valence-corrected chi connectivity index (χ0v) is 16.3. The van der Waals surface area contributed by atoms with E-state index in [1.165, 1.54) is 5.57 Å². The molecule has 3 aromatic carbocycles. The third kappa shape index (κ3) is 3.90. The van der Waals surface area contributed by atoms with Crippen molar-refractivity contribution >= 4 is 11.1 Å². The van der Waals surface area contributed by atoms with Crippen LogP contribution in [0.2, 0.25) is 0 Å². The number of ether oxygens (including phenoxy) is 2. The van der Waals surface area contributed by atoms with Crippen LogP contribution in [0.15, 0.2) is 72.8 Å². The van der Waals surface area contributed by atoms with Gasteiger partial charge in [0.15, 0.2) is 0 Å². The Kier molecular flexibility index (Phi) is 5.65. The minimum atomic E-state index is -0.915. The Balaban J connectivity index is 1.87. The Labute approximate surface area is 170 Å². The molecule has 0 bridgehead atoms. The van der Waals surface area contributed by atoms with Gasteiger partial charge < -0.3 is 19.7 Å². The van der Waals surface area contributed by atoms with Gasteiger partial charge in [-0.3, -0.25) is 0 Å². The summed E-state index contributed by atoms with van der Waals surface area (Å²) in [4.78, 5) is 0. The van der Waals surface area contributed by atoms with Crippen LogP contribution < -0.4 is 9.47 Å². The summed E-state index contributed by atoms with van der Waals surface area (Å²) in [5, 5.41) is 18.6. The molecule has 3 aromatic rings. The first-order chi connectivity index (χ1) is 14.2. The predicted molar refractivity (Wildman–Crippen MR) is 114 cm³/mol. The molecule has 1 aliphatic heterocycles. The molecule has 4 rings (SSSR count). The smallest absolute Gasteiger partial charge is 0.139 e. The fraction of sp³-hybridized carbons (Fsp3) is 0.200. The lowest BCUT2D eigenvalue weighted by molar-refractivity contribution is 0.0535. The van der Waals surface area contributed by atoms with Crippen molar-refractivity contribution in [3.63, 3.8) is 0 Å². The van der Waals surface area contributed by atoms with Gasteiger partial charge in [-0.15, -0.1) is 0 Å². The van der Waals surface area contributed by atoms with Crippen molar-refractivity contribution in [2.75, 3.05) is 13.2 Å². The standard InChI is InChI=1S/C25H24O4/c1-2-20-21-10-6-7-11-23(21)29-24-14-19(28-16-18(27)15-26)12-13-22(24)25(20)17-8-4-3-5-9-17/h3-14,18,26-27H,2,15-16H2,1H3. The van der Waals surface area contributed by atoms with Crippen LogP contribution in [0.25, 0.3) is 11.1 Å². The Morgan fingerprint density at radius 3 is 2.41 bits per heavy atom. The van der Waals surface area contributed by atoms with Crippen molar-refractivity contribution in [2.24, 2.45) is 0 Å². The molecule has 0 radical (unpaired) electrons.